The van der Waals surface area contributed by atoms with Crippen LogP contribution >= 0.6 is 11.8 Å². The number of hydrogen-bond donors (Lipinski definition) is 2. The fraction of sp³-hybridized carbons (Fsp3) is 0.176. The lowest BCUT2D eigenvalue weighted by Gasteiger charge is -2.07. The third-order valence-electron chi connectivity index (χ3n) is 3.38. The Morgan fingerprint density at radius 3 is 2.62 bits per heavy atom. The summed E-state index contributed by atoms with van der Waals surface area (Å²) in [6.45, 7) is 1.43. The van der Waals surface area contributed by atoms with Crippen molar-refractivity contribution < 1.29 is 14.0 Å². The molecule has 134 valence electrons. The van der Waals surface area contributed by atoms with E-state index in [1.165, 1.54) is 18.7 Å². The smallest absolute Gasteiger partial charge is 0.234 e. The molecule has 0 saturated carbocycles. The molecule has 0 aliphatic heterocycles. The molecule has 0 unspecified atom stereocenters. The van der Waals surface area contributed by atoms with Gasteiger partial charge in [0, 0.05) is 25.3 Å². The van der Waals surface area contributed by atoms with E-state index in [4.69, 9.17) is 4.42 Å². The maximum atomic E-state index is 12.2. The molecule has 3 rings (SSSR count). The Balaban J connectivity index is 1.59. The second-order valence-electron chi connectivity index (χ2n) is 5.44. The fourth-order valence-electron chi connectivity index (χ4n) is 2.27. The summed E-state index contributed by atoms with van der Waals surface area (Å²) in [6, 6.07) is 10.5. The second kappa shape index (κ2) is 7.87. The molecule has 0 aliphatic rings. The summed E-state index contributed by atoms with van der Waals surface area (Å²) in [4.78, 5) is 23.3. The number of anilines is 2. The number of aromatic nitrogens is 3. The molecule has 0 bridgehead atoms. The van der Waals surface area contributed by atoms with Gasteiger partial charge in [-0.25, -0.2) is 0 Å². The van der Waals surface area contributed by atoms with Crippen molar-refractivity contribution >= 4 is 35.0 Å². The minimum atomic E-state index is -0.183. The summed E-state index contributed by atoms with van der Waals surface area (Å²) in [7, 11) is 1.81. The van der Waals surface area contributed by atoms with Crippen LogP contribution < -0.4 is 10.6 Å². The Morgan fingerprint density at radius 2 is 1.92 bits per heavy atom. The molecule has 3 aromatic rings. The van der Waals surface area contributed by atoms with Crippen LogP contribution in [0.1, 0.15) is 6.92 Å². The number of furan rings is 1. The summed E-state index contributed by atoms with van der Waals surface area (Å²) in [5.74, 6) is 1.04. The van der Waals surface area contributed by atoms with Gasteiger partial charge in [-0.05, 0) is 30.3 Å². The van der Waals surface area contributed by atoms with Crippen LogP contribution in [-0.4, -0.2) is 32.3 Å². The number of carbonyl (C=O) groups excluding carboxylic acids is 2. The minimum absolute atomic E-state index is 0.168. The predicted octanol–water partition coefficient (Wildman–Crippen LogP) is 2.76. The Morgan fingerprint density at radius 1 is 1.15 bits per heavy atom. The van der Waals surface area contributed by atoms with Crippen LogP contribution in [0.25, 0.3) is 11.6 Å². The van der Waals surface area contributed by atoms with E-state index in [0.29, 0.717) is 28.1 Å². The zero-order valence-electron chi connectivity index (χ0n) is 14.2. The lowest BCUT2D eigenvalue weighted by molar-refractivity contribution is -0.114. The van der Waals surface area contributed by atoms with E-state index in [-0.39, 0.29) is 17.6 Å². The summed E-state index contributed by atoms with van der Waals surface area (Å²) >= 11 is 1.27. The Kier molecular flexibility index (Phi) is 5.37. The maximum absolute atomic E-state index is 12.2. The van der Waals surface area contributed by atoms with Crippen molar-refractivity contribution in [2.75, 3.05) is 16.4 Å². The van der Waals surface area contributed by atoms with Gasteiger partial charge in [-0.2, -0.15) is 0 Å². The SMILES string of the molecule is CC(=O)Nc1cccc(NC(=O)CSc2nnc(-c3ccco3)n2C)c1. The third-order valence-corrected chi connectivity index (χ3v) is 4.40. The first kappa shape index (κ1) is 17.7. The summed E-state index contributed by atoms with van der Waals surface area (Å²) in [6.07, 6.45) is 1.57. The molecule has 2 aromatic heterocycles. The van der Waals surface area contributed by atoms with Crippen molar-refractivity contribution in [2.45, 2.75) is 12.1 Å². The van der Waals surface area contributed by atoms with Crippen molar-refractivity contribution in [3.8, 4) is 11.6 Å². The molecular formula is C17H17N5O3S. The molecule has 26 heavy (non-hydrogen) atoms. The van der Waals surface area contributed by atoms with Gasteiger partial charge in [0.15, 0.2) is 16.7 Å². The zero-order chi connectivity index (χ0) is 18.5. The molecule has 0 fully saturated rings. The predicted molar refractivity (Wildman–Crippen MR) is 98.8 cm³/mol. The maximum Gasteiger partial charge on any atom is 0.234 e. The van der Waals surface area contributed by atoms with E-state index < -0.39 is 0 Å². The second-order valence-corrected chi connectivity index (χ2v) is 6.38. The van der Waals surface area contributed by atoms with Crippen LogP contribution in [0.15, 0.2) is 52.2 Å². The molecule has 2 heterocycles. The van der Waals surface area contributed by atoms with Gasteiger partial charge in [0.2, 0.25) is 11.8 Å². The van der Waals surface area contributed by atoms with Crippen molar-refractivity contribution in [1.29, 1.82) is 0 Å². The molecule has 2 amide bonds. The van der Waals surface area contributed by atoms with Gasteiger partial charge in [0.25, 0.3) is 0 Å². The van der Waals surface area contributed by atoms with Crippen molar-refractivity contribution in [3.05, 3.63) is 42.7 Å². The number of thioether (sulfide) groups is 1. The van der Waals surface area contributed by atoms with Crippen LogP contribution in [0.4, 0.5) is 11.4 Å². The van der Waals surface area contributed by atoms with E-state index in [0.717, 1.165) is 0 Å². The standard InChI is InChI=1S/C17H17N5O3S/c1-11(23)18-12-5-3-6-13(9-12)19-15(24)10-26-17-21-20-16(22(17)2)14-7-4-8-25-14/h3-9H,10H2,1-2H3,(H,18,23)(H,19,24). The van der Waals surface area contributed by atoms with E-state index in [1.54, 1.807) is 47.2 Å². The highest BCUT2D eigenvalue weighted by atomic mass is 32.2. The highest BCUT2D eigenvalue weighted by molar-refractivity contribution is 7.99. The quantitative estimate of drug-likeness (QED) is 0.646. The van der Waals surface area contributed by atoms with Crippen molar-refractivity contribution in [1.82, 2.24) is 14.8 Å². The van der Waals surface area contributed by atoms with E-state index in [1.807, 2.05) is 7.05 Å². The lowest BCUT2D eigenvalue weighted by Crippen LogP contribution is -2.15. The molecule has 0 aliphatic carbocycles. The zero-order valence-corrected chi connectivity index (χ0v) is 15.0. The molecule has 0 spiro atoms. The number of amides is 2. The highest BCUT2D eigenvalue weighted by Crippen LogP contribution is 2.23. The first-order chi connectivity index (χ1) is 12.5. The van der Waals surface area contributed by atoms with Gasteiger partial charge in [-0.15, -0.1) is 10.2 Å². The topological polar surface area (TPSA) is 102 Å². The monoisotopic (exact) mass is 371 g/mol. The molecule has 0 atom stereocenters. The van der Waals surface area contributed by atoms with Gasteiger partial charge in [0.1, 0.15) is 0 Å². The first-order valence-electron chi connectivity index (χ1n) is 7.76. The van der Waals surface area contributed by atoms with E-state index in [9.17, 15) is 9.59 Å². The van der Waals surface area contributed by atoms with Crippen LogP contribution in [0, 0.1) is 0 Å². The Bertz CT molecular complexity index is 920. The average Bonchev–Trinajstić information content (AvgIpc) is 3.22. The molecule has 0 saturated heterocycles. The Hall–Kier alpha value is -3.07. The molecule has 8 nitrogen and oxygen atoms in total. The average molecular weight is 371 g/mol. The van der Waals surface area contributed by atoms with E-state index >= 15 is 0 Å². The van der Waals surface area contributed by atoms with Gasteiger partial charge in [-0.1, -0.05) is 17.8 Å². The molecular weight excluding hydrogens is 354 g/mol. The third kappa shape index (κ3) is 4.31. The largest absolute Gasteiger partial charge is 0.461 e. The molecule has 1 aromatic carbocycles. The van der Waals surface area contributed by atoms with Crippen LogP contribution in [0.3, 0.4) is 0 Å². The van der Waals surface area contributed by atoms with Gasteiger partial charge in [0.05, 0.1) is 12.0 Å². The fourth-order valence-corrected chi connectivity index (χ4v) is 2.98. The number of nitrogens with one attached hydrogen (secondary N) is 2. The molecule has 0 radical (unpaired) electrons. The van der Waals surface area contributed by atoms with Crippen LogP contribution in [-0.2, 0) is 16.6 Å². The summed E-state index contributed by atoms with van der Waals surface area (Å²) in [5, 5.41) is 14.2. The normalized spacial score (nSPS) is 10.5. The lowest BCUT2D eigenvalue weighted by atomic mass is 10.2. The highest BCUT2D eigenvalue weighted by Gasteiger charge is 2.14. The number of benzene rings is 1. The summed E-state index contributed by atoms with van der Waals surface area (Å²) < 4.78 is 7.09. The Labute approximate surface area is 154 Å². The minimum Gasteiger partial charge on any atom is -0.461 e. The van der Waals surface area contributed by atoms with Crippen molar-refractivity contribution in [3.63, 3.8) is 0 Å². The first-order valence-corrected chi connectivity index (χ1v) is 8.75. The van der Waals surface area contributed by atoms with E-state index in [2.05, 4.69) is 20.8 Å². The summed E-state index contributed by atoms with van der Waals surface area (Å²) in [5.41, 5.74) is 1.23. The number of rotatable bonds is 6. The van der Waals surface area contributed by atoms with Gasteiger partial charge < -0.3 is 19.6 Å². The number of carbonyl (C=O) groups is 2. The number of nitrogens with zero attached hydrogens (tertiary/aromatic N) is 3. The molecule has 9 heteroatoms. The number of hydrogen-bond acceptors (Lipinski definition) is 6. The van der Waals surface area contributed by atoms with Gasteiger partial charge in [-0.3, -0.25) is 9.59 Å². The van der Waals surface area contributed by atoms with Crippen LogP contribution in [0.5, 0.6) is 0 Å². The van der Waals surface area contributed by atoms with Crippen molar-refractivity contribution in [2.24, 2.45) is 7.05 Å². The van der Waals surface area contributed by atoms with Gasteiger partial charge >= 0.3 is 0 Å². The van der Waals surface area contributed by atoms with Crippen LogP contribution in [0.2, 0.25) is 0 Å². The molecule has 2 N–H and O–H groups in total.